The second-order valence-electron chi connectivity index (χ2n) is 7.44. The van der Waals surface area contributed by atoms with Crippen LogP contribution in [0.15, 0.2) is 76.7 Å². The van der Waals surface area contributed by atoms with Gasteiger partial charge in [0.15, 0.2) is 11.5 Å². The van der Waals surface area contributed by atoms with Gasteiger partial charge in [0.1, 0.15) is 13.2 Å². The first-order valence-corrected chi connectivity index (χ1v) is 11.8. The second-order valence-corrected chi connectivity index (χ2v) is 8.92. The maximum Gasteiger partial charge on any atom is 0.234 e. The molecule has 0 aliphatic carbocycles. The summed E-state index contributed by atoms with van der Waals surface area (Å²) in [6.45, 7) is 1.03. The van der Waals surface area contributed by atoms with Crippen LogP contribution in [0.3, 0.4) is 0 Å². The molecule has 0 unspecified atom stereocenters. The number of ether oxygens (including phenoxy) is 2. The van der Waals surface area contributed by atoms with E-state index in [0.29, 0.717) is 41.8 Å². The summed E-state index contributed by atoms with van der Waals surface area (Å²) in [5.74, 6) is 1.42. The van der Waals surface area contributed by atoms with Crippen LogP contribution in [0.1, 0.15) is 12.0 Å². The first-order chi connectivity index (χ1) is 16.1. The van der Waals surface area contributed by atoms with E-state index in [2.05, 4.69) is 5.32 Å². The van der Waals surface area contributed by atoms with Gasteiger partial charge < -0.3 is 14.8 Å². The number of para-hydroxylation sites is 2. The maximum atomic E-state index is 12.6. The zero-order valence-electron chi connectivity index (χ0n) is 17.6. The van der Waals surface area contributed by atoms with Crippen molar-refractivity contribution >= 4 is 57.1 Å². The second kappa shape index (κ2) is 9.68. The lowest BCUT2D eigenvalue weighted by Gasteiger charge is -2.19. The van der Waals surface area contributed by atoms with Crippen LogP contribution in [0.4, 0.5) is 17.1 Å². The van der Waals surface area contributed by atoms with E-state index in [-0.39, 0.29) is 11.7 Å². The van der Waals surface area contributed by atoms with Crippen LogP contribution in [-0.2, 0) is 4.79 Å². The fourth-order valence-corrected chi connectivity index (χ4v) is 4.50. The summed E-state index contributed by atoms with van der Waals surface area (Å²) in [5, 5.41) is 4.39. The topological polar surface area (TPSA) is 72.3 Å². The molecular weight excluding hydrogens is 458 g/mol. The molecule has 0 spiro atoms. The Labute approximate surface area is 200 Å². The van der Waals surface area contributed by atoms with Gasteiger partial charge in [0.2, 0.25) is 5.91 Å². The molecule has 3 aromatic rings. The van der Waals surface area contributed by atoms with Gasteiger partial charge in [-0.05, 0) is 42.0 Å². The highest BCUT2D eigenvalue weighted by atomic mass is 35.5. The number of thioether (sulfide) groups is 1. The van der Waals surface area contributed by atoms with Crippen LogP contribution < -0.4 is 14.8 Å². The van der Waals surface area contributed by atoms with Crippen molar-refractivity contribution < 1.29 is 14.3 Å². The Balaban J connectivity index is 1.31. The highest BCUT2D eigenvalue weighted by Crippen LogP contribution is 2.34. The molecule has 3 aromatic carbocycles. The van der Waals surface area contributed by atoms with Crippen LogP contribution in [-0.4, -0.2) is 35.6 Å². The van der Waals surface area contributed by atoms with Crippen molar-refractivity contribution in [1.82, 2.24) is 0 Å². The summed E-state index contributed by atoms with van der Waals surface area (Å²) < 4.78 is 11.1. The van der Waals surface area contributed by atoms with E-state index in [9.17, 15) is 4.79 Å². The Kier molecular flexibility index (Phi) is 6.32. The predicted molar refractivity (Wildman–Crippen MR) is 134 cm³/mol. The van der Waals surface area contributed by atoms with Gasteiger partial charge >= 0.3 is 0 Å². The van der Waals surface area contributed by atoms with Gasteiger partial charge in [0.25, 0.3) is 0 Å². The molecule has 0 radical (unpaired) electrons. The Hall–Kier alpha value is -3.29. The Morgan fingerprint density at radius 1 is 0.939 bits per heavy atom. The molecule has 2 heterocycles. The monoisotopic (exact) mass is 477 g/mol. The van der Waals surface area contributed by atoms with Crippen LogP contribution >= 0.6 is 23.4 Å². The van der Waals surface area contributed by atoms with E-state index in [0.717, 1.165) is 27.7 Å². The number of carbonyl (C=O) groups excluding carboxylic acids is 1. The van der Waals surface area contributed by atoms with Gasteiger partial charge in [-0.25, -0.2) is 4.99 Å². The van der Waals surface area contributed by atoms with Crippen molar-refractivity contribution in [3.05, 3.63) is 77.3 Å². The van der Waals surface area contributed by atoms with Gasteiger partial charge in [0.05, 0.1) is 27.9 Å². The molecule has 5 rings (SSSR count). The minimum Gasteiger partial charge on any atom is -0.486 e. The van der Waals surface area contributed by atoms with Crippen molar-refractivity contribution in [3.8, 4) is 11.5 Å². The Morgan fingerprint density at radius 2 is 1.73 bits per heavy atom. The number of carbonyl (C=O) groups is 1. The highest BCUT2D eigenvalue weighted by molar-refractivity contribution is 8.14. The molecule has 6 nitrogen and oxygen atoms in total. The first kappa shape index (κ1) is 21.6. The van der Waals surface area contributed by atoms with Crippen LogP contribution in [0.2, 0.25) is 5.02 Å². The molecule has 0 bridgehead atoms. The number of hydrogen-bond donors (Lipinski definition) is 1. The predicted octanol–water partition coefficient (Wildman–Crippen LogP) is 6.04. The number of aliphatic imine (C=N–C) groups is 2. The average Bonchev–Trinajstić information content (AvgIpc) is 3.02. The molecule has 166 valence electrons. The van der Waals surface area contributed by atoms with Gasteiger partial charge in [0, 0.05) is 23.2 Å². The SMILES string of the molecule is O=C(CSC1=Nc2ccccc2N=C(c2cccc(Cl)c2)C1)Nc1ccc2c(c1)OCCO2. The van der Waals surface area contributed by atoms with Gasteiger partial charge in [-0.15, -0.1) is 11.8 Å². The molecular formula is C25H20ClN3O3S. The molecule has 0 aromatic heterocycles. The third-order valence-electron chi connectivity index (χ3n) is 5.05. The zero-order chi connectivity index (χ0) is 22.6. The number of hydrogen-bond acceptors (Lipinski definition) is 6. The number of nitrogens with zero attached hydrogens (tertiary/aromatic N) is 2. The molecule has 0 fully saturated rings. The van der Waals surface area contributed by atoms with Crippen LogP contribution in [0, 0.1) is 0 Å². The maximum absolute atomic E-state index is 12.6. The van der Waals surface area contributed by atoms with Crippen molar-refractivity contribution in [2.45, 2.75) is 6.42 Å². The summed E-state index contributed by atoms with van der Waals surface area (Å²) in [4.78, 5) is 22.3. The summed E-state index contributed by atoms with van der Waals surface area (Å²) in [6.07, 6.45) is 0.511. The van der Waals surface area contributed by atoms with E-state index < -0.39 is 0 Å². The summed E-state index contributed by atoms with van der Waals surface area (Å²) in [5.41, 5.74) is 4.04. The smallest absolute Gasteiger partial charge is 0.234 e. The lowest BCUT2D eigenvalue weighted by molar-refractivity contribution is -0.113. The normalized spacial score (nSPS) is 14.5. The van der Waals surface area contributed by atoms with E-state index >= 15 is 0 Å². The minimum absolute atomic E-state index is 0.127. The Bertz CT molecular complexity index is 1280. The number of rotatable bonds is 4. The number of fused-ring (bicyclic) bond motifs is 2. The summed E-state index contributed by atoms with van der Waals surface area (Å²) >= 11 is 7.61. The lowest BCUT2D eigenvalue weighted by atomic mass is 10.1. The largest absolute Gasteiger partial charge is 0.486 e. The standard InChI is InChI=1S/C25H20ClN3O3S/c26-17-5-3-4-16(12-17)21-14-25(29-20-7-2-1-6-19(20)28-21)33-15-24(30)27-18-8-9-22-23(13-18)32-11-10-31-22/h1-9,12-13H,10-11,14-15H2,(H,27,30). The average molecular weight is 478 g/mol. The van der Waals surface area contributed by atoms with E-state index in [1.165, 1.54) is 11.8 Å². The molecule has 2 aliphatic heterocycles. The molecule has 1 N–H and O–H groups in total. The quantitative estimate of drug-likeness (QED) is 0.497. The fourth-order valence-electron chi connectivity index (χ4n) is 3.54. The highest BCUT2D eigenvalue weighted by Gasteiger charge is 2.18. The van der Waals surface area contributed by atoms with E-state index in [1.807, 2.05) is 48.5 Å². The molecule has 8 heteroatoms. The van der Waals surface area contributed by atoms with Crippen LogP contribution in [0.25, 0.3) is 0 Å². The van der Waals surface area contributed by atoms with Crippen molar-refractivity contribution in [3.63, 3.8) is 0 Å². The molecule has 0 atom stereocenters. The van der Waals surface area contributed by atoms with Gasteiger partial charge in [-0.3, -0.25) is 9.79 Å². The van der Waals surface area contributed by atoms with E-state index in [4.69, 9.17) is 31.1 Å². The Morgan fingerprint density at radius 3 is 2.55 bits per heavy atom. The fraction of sp³-hybridized carbons (Fsp3) is 0.160. The molecule has 0 saturated carbocycles. The van der Waals surface area contributed by atoms with Crippen molar-refractivity contribution in [1.29, 1.82) is 0 Å². The minimum atomic E-state index is -0.127. The number of nitrogens with one attached hydrogen (secondary N) is 1. The third kappa shape index (κ3) is 5.21. The molecule has 0 saturated heterocycles. The molecule has 33 heavy (non-hydrogen) atoms. The van der Waals surface area contributed by atoms with Gasteiger partial charge in [-0.2, -0.15) is 0 Å². The number of anilines is 1. The number of halogens is 1. The number of amides is 1. The molecule has 2 aliphatic rings. The number of benzene rings is 3. The van der Waals surface area contributed by atoms with E-state index in [1.54, 1.807) is 18.2 Å². The lowest BCUT2D eigenvalue weighted by Crippen LogP contribution is -2.18. The molecule has 1 amide bonds. The zero-order valence-corrected chi connectivity index (χ0v) is 19.2. The van der Waals surface area contributed by atoms with Gasteiger partial charge in [-0.1, -0.05) is 35.9 Å². The summed E-state index contributed by atoms with van der Waals surface area (Å²) in [6, 6.07) is 20.7. The summed E-state index contributed by atoms with van der Waals surface area (Å²) in [7, 11) is 0. The third-order valence-corrected chi connectivity index (χ3v) is 6.27. The van der Waals surface area contributed by atoms with Crippen molar-refractivity contribution in [2.24, 2.45) is 9.98 Å². The van der Waals surface area contributed by atoms with Crippen molar-refractivity contribution in [2.75, 3.05) is 24.3 Å². The first-order valence-electron chi connectivity index (χ1n) is 10.5. The van der Waals surface area contributed by atoms with Crippen LogP contribution in [0.5, 0.6) is 11.5 Å².